The van der Waals surface area contributed by atoms with E-state index in [9.17, 15) is 0 Å². The highest BCUT2D eigenvalue weighted by molar-refractivity contribution is 5.60. The van der Waals surface area contributed by atoms with Crippen molar-refractivity contribution in [3.8, 4) is 0 Å². The van der Waals surface area contributed by atoms with Gasteiger partial charge in [0, 0.05) is 22.3 Å². The first-order valence-electron chi connectivity index (χ1n) is 5.53. The Morgan fingerprint density at radius 1 is 0.692 bits per heavy atom. The van der Waals surface area contributed by atoms with Crippen molar-refractivity contribution in [1.82, 2.24) is 20.4 Å². The number of hydrogen-bond donors (Lipinski definition) is 6. The van der Waals surface area contributed by atoms with E-state index in [1.54, 1.807) is 12.2 Å². The van der Waals surface area contributed by atoms with Crippen molar-refractivity contribution in [2.75, 3.05) is 23.2 Å². The molecule has 0 radical (unpaired) electrons. The van der Waals surface area contributed by atoms with Crippen LogP contribution >= 0.6 is 0 Å². The standard InChI is InChI=1S/C6H10N10.2ClHO4/c7-5-13-11-3(15(5)9)1-2-4-12-14-6(8)16(4)10;2*2-1(3,4)5/h1-2H,9-10H2,(H4,7,8,11,12,13,14);2*(H,2,3,4,5). The van der Waals surface area contributed by atoms with E-state index in [1.165, 1.54) is 9.35 Å². The molecule has 0 bridgehead atoms. The average Bonchev–Trinajstić information content (AvgIpc) is 2.90. The maximum absolute atomic E-state index is 8.49. The first-order chi connectivity index (χ1) is 11.6. The molecule has 0 aliphatic carbocycles. The van der Waals surface area contributed by atoms with Crippen LogP contribution in [0.15, 0.2) is 0 Å². The smallest absolute Gasteiger partial charge is 0.304 e. The second kappa shape index (κ2) is 9.25. The van der Waals surface area contributed by atoms with Crippen LogP contribution in [-0.2, 0) is 0 Å². The molecule has 2 aromatic rings. The quantitative estimate of drug-likeness (QED) is 0.193. The lowest BCUT2D eigenvalue weighted by Gasteiger charge is -2.17. The number of rotatable bonds is 2. The van der Waals surface area contributed by atoms with Gasteiger partial charge in [-0.15, -0.1) is 29.8 Å². The Balaban J connectivity index is 0.000000520. The lowest BCUT2D eigenvalue weighted by Crippen LogP contribution is -2.68. The van der Waals surface area contributed by atoms with Gasteiger partial charge in [0.2, 0.25) is 11.6 Å². The summed E-state index contributed by atoms with van der Waals surface area (Å²) in [6.07, 6.45) is 3.25. The van der Waals surface area contributed by atoms with Crippen LogP contribution in [-0.4, -0.2) is 20.4 Å². The van der Waals surface area contributed by atoms with Crippen LogP contribution in [0.2, 0.25) is 0 Å². The molecule has 10 N–H and O–H groups in total. The number of nitrogens with zero attached hydrogens (tertiary/aromatic N) is 4. The first-order valence-corrected chi connectivity index (χ1v) is 8.00. The van der Waals surface area contributed by atoms with Gasteiger partial charge in [-0.05, 0) is 0 Å². The zero-order valence-corrected chi connectivity index (χ0v) is 13.8. The van der Waals surface area contributed by atoms with Gasteiger partial charge in [-0.25, -0.2) is 37.3 Å². The Hall–Kier alpha value is -2.52. The number of anilines is 2. The van der Waals surface area contributed by atoms with E-state index in [2.05, 4.69) is 20.4 Å². The van der Waals surface area contributed by atoms with E-state index in [0.717, 1.165) is 0 Å². The monoisotopic (exact) mass is 422 g/mol. The molecule has 0 aliphatic rings. The Bertz CT molecular complexity index is 648. The Labute approximate surface area is 147 Å². The third-order valence-corrected chi connectivity index (χ3v) is 1.98. The fourth-order valence-electron chi connectivity index (χ4n) is 1.08. The van der Waals surface area contributed by atoms with E-state index in [1.807, 2.05) is 0 Å². The summed E-state index contributed by atoms with van der Waals surface area (Å²) in [5.74, 6) is 12.5. The molecule has 2 aromatic heterocycles. The number of H-pyrrole nitrogens is 2. The molecule has 148 valence electrons. The zero-order valence-electron chi connectivity index (χ0n) is 12.3. The van der Waals surface area contributed by atoms with Gasteiger partial charge in [0.15, 0.2) is 0 Å². The third kappa shape index (κ3) is 11.1. The highest BCUT2D eigenvalue weighted by Crippen LogP contribution is 1.97. The van der Waals surface area contributed by atoms with E-state index in [0.29, 0.717) is 11.6 Å². The highest BCUT2D eigenvalue weighted by atomic mass is 35.7. The Morgan fingerprint density at radius 2 is 0.923 bits per heavy atom. The number of aromatic amines is 2. The van der Waals surface area contributed by atoms with Crippen LogP contribution in [0.4, 0.5) is 11.9 Å². The predicted molar refractivity (Wildman–Crippen MR) is 55.6 cm³/mol. The molecular weight excluding hydrogens is 411 g/mol. The fourth-order valence-corrected chi connectivity index (χ4v) is 1.08. The SMILES string of the molecule is Nc1n[nH]c(/C=C/c2[nH]nc(N)[n+]2N)[n+]1N.[O-][Cl+3]([O-])([O-])[O-].[O-][Cl+3]([O-])([O-])[O-]. The van der Waals surface area contributed by atoms with Crippen LogP contribution in [0.1, 0.15) is 11.6 Å². The maximum Gasteiger partial charge on any atom is 0.396 e. The topological polar surface area (TPSA) is 354 Å². The van der Waals surface area contributed by atoms with Gasteiger partial charge in [0.1, 0.15) is 0 Å². The molecule has 0 unspecified atom stereocenters. The van der Waals surface area contributed by atoms with Crippen molar-refractivity contribution in [2.45, 2.75) is 0 Å². The van der Waals surface area contributed by atoms with Gasteiger partial charge in [-0.3, -0.25) is 11.7 Å². The fraction of sp³-hybridized carbons (Fsp3) is 0. The van der Waals surface area contributed by atoms with Crippen molar-refractivity contribution in [3.05, 3.63) is 11.6 Å². The second-order valence-electron chi connectivity index (χ2n) is 3.76. The van der Waals surface area contributed by atoms with Crippen LogP contribution in [0, 0.1) is 20.5 Å². The molecule has 2 rings (SSSR count). The molecule has 0 saturated carbocycles. The lowest BCUT2D eigenvalue weighted by molar-refractivity contribution is -2.00. The molecule has 0 fully saturated rings. The van der Waals surface area contributed by atoms with Crippen molar-refractivity contribution in [1.29, 1.82) is 0 Å². The number of nitrogens with one attached hydrogen (secondary N) is 2. The lowest BCUT2D eigenvalue weighted by atomic mass is 10.4. The number of nitrogen functional groups attached to an aromatic ring is 4. The summed E-state index contributed by atoms with van der Waals surface area (Å²) in [6, 6.07) is 0. The van der Waals surface area contributed by atoms with Crippen LogP contribution in [0.3, 0.4) is 0 Å². The van der Waals surface area contributed by atoms with Crippen LogP contribution in [0.25, 0.3) is 12.2 Å². The number of hydrogen-bond acceptors (Lipinski definition) is 14. The minimum Gasteiger partial charge on any atom is -0.304 e. The molecular formula is C6H12Cl2N10O8. The maximum atomic E-state index is 8.49. The summed E-state index contributed by atoms with van der Waals surface area (Å²) in [5.41, 5.74) is 10.9. The Morgan fingerprint density at radius 3 is 1.08 bits per heavy atom. The predicted octanol–water partition coefficient (Wildman–Crippen LogP) is -13.0. The summed E-state index contributed by atoms with van der Waals surface area (Å²) < 4.78 is 70.3. The highest BCUT2D eigenvalue weighted by Gasteiger charge is 2.13. The van der Waals surface area contributed by atoms with E-state index >= 15 is 0 Å². The summed E-state index contributed by atoms with van der Waals surface area (Å²) in [7, 11) is -9.89. The molecule has 0 aliphatic heterocycles. The van der Waals surface area contributed by atoms with Crippen molar-refractivity contribution in [3.63, 3.8) is 0 Å². The molecule has 18 nitrogen and oxygen atoms in total. The van der Waals surface area contributed by atoms with Crippen molar-refractivity contribution < 1.29 is 67.1 Å². The van der Waals surface area contributed by atoms with E-state index in [4.69, 9.17) is 60.4 Å². The second-order valence-corrected chi connectivity index (χ2v) is 5.28. The summed E-state index contributed by atoms with van der Waals surface area (Å²) in [5, 5.41) is 12.7. The third-order valence-electron chi connectivity index (χ3n) is 1.98. The van der Waals surface area contributed by atoms with E-state index in [-0.39, 0.29) is 11.9 Å². The van der Waals surface area contributed by atoms with Gasteiger partial charge in [-0.1, -0.05) is 0 Å². The van der Waals surface area contributed by atoms with E-state index < -0.39 is 20.5 Å². The molecule has 0 atom stereocenters. The van der Waals surface area contributed by atoms with Crippen LogP contribution < -0.4 is 69.8 Å². The first kappa shape index (κ1) is 23.5. The van der Waals surface area contributed by atoms with Gasteiger partial charge >= 0.3 is 11.9 Å². The zero-order chi connectivity index (χ0) is 20.7. The summed E-state index contributed by atoms with van der Waals surface area (Å²) in [4.78, 5) is 0. The van der Waals surface area contributed by atoms with Gasteiger partial charge in [0.05, 0.1) is 0 Å². The van der Waals surface area contributed by atoms with Crippen LogP contribution in [0.5, 0.6) is 0 Å². The number of aromatic nitrogens is 6. The molecule has 20 heteroatoms. The Kier molecular flexibility index (Phi) is 8.36. The number of halogens is 2. The number of nitrogens with two attached hydrogens (primary N) is 4. The normalized spacial score (nSPS) is 11.5. The molecule has 0 spiro atoms. The molecule has 0 amide bonds. The van der Waals surface area contributed by atoms with Crippen molar-refractivity contribution >= 4 is 24.0 Å². The minimum atomic E-state index is -4.94. The average molecular weight is 423 g/mol. The minimum absolute atomic E-state index is 0.171. The van der Waals surface area contributed by atoms with Gasteiger partial charge in [0.25, 0.3) is 0 Å². The summed E-state index contributed by atoms with van der Waals surface area (Å²) in [6.45, 7) is 0. The largest absolute Gasteiger partial charge is 0.396 e. The molecule has 26 heavy (non-hydrogen) atoms. The molecule has 0 aromatic carbocycles. The van der Waals surface area contributed by atoms with Crippen molar-refractivity contribution in [2.24, 2.45) is 0 Å². The molecule has 0 saturated heterocycles. The molecule has 2 heterocycles. The van der Waals surface area contributed by atoms with Gasteiger partial charge < -0.3 is 11.5 Å². The summed E-state index contributed by atoms with van der Waals surface area (Å²) >= 11 is 0. The van der Waals surface area contributed by atoms with Gasteiger partial charge in [-0.2, -0.15) is 10.2 Å².